The summed E-state index contributed by atoms with van der Waals surface area (Å²) in [5.41, 5.74) is 4.19. The molecule has 0 spiro atoms. The molecule has 0 saturated carbocycles. The van der Waals surface area contributed by atoms with Crippen molar-refractivity contribution < 1.29 is 9.32 Å². The van der Waals surface area contributed by atoms with Gasteiger partial charge in [-0.2, -0.15) is 4.98 Å². The monoisotopic (exact) mass is 333 g/mol. The summed E-state index contributed by atoms with van der Waals surface area (Å²) in [6, 6.07) is 16.0. The van der Waals surface area contributed by atoms with Gasteiger partial charge in [0.1, 0.15) is 0 Å². The summed E-state index contributed by atoms with van der Waals surface area (Å²) < 4.78 is 5.44. The fourth-order valence-corrected chi connectivity index (χ4v) is 3.07. The van der Waals surface area contributed by atoms with Crippen LogP contribution in [0.5, 0.6) is 0 Å². The second kappa shape index (κ2) is 6.16. The van der Waals surface area contributed by atoms with E-state index in [1.54, 1.807) is 4.90 Å². The fraction of sp³-hybridized carbons (Fsp3) is 0.250. The van der Waals surface area contributed by atoms with Crippen LogP contribution in [-0.4, -0.2) is 22.6 Å². The van der Waals surface area contributed by atoms with E-state index in [0.29, 0.717) is 24.7 Å². The second-order valence-electron chi connectivity index (χ2n) is 6.56. The van der Waals surface area contributed by atoms with E-state index < -0.39 is 0 Å². The minimum absolute atomic E-state index is 0.0690. The van der Waals surface area contributed by atoms with Crippen molar-refractivity contribution in [1.82, 2.24) is 10.1 Å². The molecule has 5 nitrogen and oxygen atoms in total. The molecule has 1 aliphatic rings. The highest BCUT2D eigenvalue weighted by Gasteiger charge is 2.35. The first-order valence-electron chi connectivity index (χ1n) is 8.38. The highest BCUT2D eigenvalue weighted by molar-refractivity contribution is 5.96. The van der Waals surface area contributed by atoms with Crippen molar-refractivity contribution >= 4 is 11.6 Å². The summed E-state index contributed by atoms with van der Waals surface area (Å²) >= 11 is 0. The molecule has 1 fully saturated rings. The van der Waals surface area contributed by atoms with E-state index in [4.69, 9.17) is 4.52 Å². The van der Waals surface area contributed by atoms with E-state index in [1.807, 2.05) is 62.4 Å². The van der Waals surface area contributed by atoms with Crippen LogP contribution >= 0.6 is 0 Å². The van der Waals surface area contributed by atoms with Gasteiger partial charge in [-0.3, -0.25) is 4.79 Å². The molecule has 3 aromatic rings. The lowest BCUT2D eigenvalue weighted by atomic mass is 10.1. The van der Waals surface area contributed by atoms with Gasteiger partial charge in [0, 0.05) is 24.2 Å². The average molecular weight is 333 g/mol. The maximum Gasteiger partial charge on any atom is 0.232 e. The van der Waals surface area contributed by atoms with Gasteiger partial charge in [0.05, 0.1) is 5.92 Å². The average Bonchev–Trinajstić information content (AvgIpc) is 3.23. The van der Waals surface area contributed by atoms with Crippen molar-refractivity contribution in [2.45, 2.75) is 26.2 Å². The molecule has 2 aromatic carbocycles. The van der Waals surface area contributed by atoms with Gasteiger partial charge >= 0.3 is 0 Å². The van der Waals surface area contributed by atoms with Crippen molar-refractivity contribution in [1.29, 1.82) is 0 Å². The number of aromatic nitrogens is 2. The minimum atomic E-state index is -0.0690. The Hall–Kier alpha value is -2.95. The van der Waals surface area contributed by atoms with E-state index in [9.17, 15) is 4.79 Å². The van der Waals surface area contributed by atoms with Gasteiger partial charge in [0.25, 0.3) is 0 Å². The van der Waals surface area contributed by atoms with Crippen LogP contribution in [-0.2, 0) is 4.79 Å². The molecule has 1 aromatic heterocycles. The van der Waals surface area contributed by atoms with E-state index in [2.05, 4.69) is 10.1 Å². The van der Waals surface area contributed by atoms with Gasteiger partial charge in [-0.1, -0.05) is 52.7 Å². The molecule has 2 heterocycles. The SMILES string of the molecule is Cc1ccc(-c2noc(C3CC(=O)N(c4ccc(C)cc4)C3)n2)cc1. The first-order valence-corrected chi connectivity index (χ1v) is 8.38. The lowest BCUT2D eigenvalue weighted by molar-refractivity contribution is -0.117. The van der Waals surface area contributed by atoms with Gasteiger partial charge in [-0.25, -0.2) is 0 Å². The molecule has 1 saturated heterocycles. The van der Waals surface area contributed by atoms with Crippen LogP contribution in [0.3, 0.4) is 0 Å². The number of nitrogens with zero attached hydrogens (tertiary/aromatic N) is 3. The number of anilines is 1. The zero-order chi connectivity index (χ0) is 17.4. The highest BCUT2D eigenvalue weighted by Crippen LogP contribution is 2.32. The summed E-state index contributed by atoms with van der Waals surface area (Å²) in [5, 5.41) is 4.08. The van der Waals surface area contributed by atoms with E-state index in [1.165, 1.54) is 11.1 Å². The summed E-state index contributed by atoms with van der Waals surface area (Å²) in [7, 11) is 0. The van der Waals surface area contributed by atoms with Crippen LogP contribution in [0.2, 0.25) is 0 Å². The summed E-state index contributed by atoms with van der Waals surface area (Å²) in [6.45, 7) is 4.64. The minimum Gasteiger partial charge on any atom is -0.339 e. The second-order valence-corrected chi connectivity index (χ2v) is 6.56. The zero-order valence-corrected chi connectivity index (χ0v) is 14.3. The molecule has 25 heavy (non-hydrogen) atoms. The molecule has 126 valence electrons. The summed E-state index contributed by atoms with van der Waals surface area (Å²) in [4.78, 5) is 18.7. The number of carbonyl (C=O) groups excluding carboxylic acids is 1. The maximum atomic E-state index is 12.4. The molecule has 1 aliphatic heterocycles. The third-order valence-corrected chi connectivity index (χ3v) is 4.57. The van der Waals surface area contributed by atoms with Crippen molar-refractivity contribution in [2.75, 3.05) is 11.4 Å². The van der Waals surface area contributed by atoms with Crippen LogP contribution in [0.25, 0.3) is 11.4 Å². The first-order chi connectivity index (χ1) is 12.1. The van der Waals surface area contributed by atoms with Gasteiger partial charge in [0.2, 0.25) is 17.6 Å². The number of hydrogen-bond acceptors (Lipinski definition) is 4. The number of hydrogen-bond donors (Lipinski definition) is 0. The summed E-state index contributed by atoms with van der Waals surface area (Å²) in [5.74, 6) is 1.11. The Labute approximate surface area is 146 Å². The van der Waals surface area contributed by atoms with Crippen LogP contribution in [0.1, 0.15) is 29.4 Å². The van der Waals surface area contributed by atoms with Gasteiger partial charge in [0.15, 0.2) is 0 Å². The van der Waals surface area contributed by atoms with Crippen LogP contribution in [0, 0.1) is 13.8 Å². The van der Waals surface area contributed by atoms with Gasteiger partial charge < -0.3 is 9.42 Å². The highest BCUT2D eigenvalue weighted by atomic mass is 16.5. The van der Waals surface area contributed by atoms with Crippen LogP contribution < -0.4 is 4.90 Å². The maximum absolute atomic E-state index is 12.4. The normalized spacial score (nSPS) is 17.3. The third-order valence-electron chi connectivity index (χ3n) is 4.57. The number of benzene rings is 2. The molecule has 0 aliphatic carbocycles. The van der Waals surface area contributed by atoms with Crippen LogP contribution in [0.4, 0.5) is 5.69 Å². The molecular weight excluding hydrogens is 314 g/mol. The van der Waals surface area contributed by atoms with Crippen molar-refractivity contribution in [3.63, 3.8) is 0 Å². The number of amides is 1. The lowest BCUT2D eigenvalue weighted by Crippen LogP contribution is -2.24. The standard InChI is InChI=1S/C20H19N3O2/c1-13-3-7-15(8-4-13)19-21-20(25-22-19)16-11-18(24)23(12-16)17-9-5-14(2)6-10-17/h3-10,16H,11-12H2,1-2H3. The molecule has 0 N–H and O–H groups in total. The molecule has 0 radical (unpaired) electrons. The van der Waals surface area contributed by atoms with E-state index >= 15 is 0 Å². The Morgan fingerprint density at radius 3 is 2.32 bits per heavy atom. The van der Waals surface area contributed by atoms with E-state index in [0.717, 1.165) is 11.3 Å². The van der Waals surface area contributed by atoms with Crippen molar-refractivity contribution in [3.05, 3.63) is 65.5 Å². The van der Waals surface area contributed by atoms with Crippen molar-refractivity contribution in [2.24, 2.45) is 0 Å². The van der Waals surface area contributed by atoms with Gasteiger partial charge in [-0.15, -0.1) is 0 Å². The smallest absolute Gasteiger partial charge is 0.232 e. The molecule has 1 unspecified atom stereocenters. The largest absolute Gasteiger partial charge is 0.339 e. The van der Waals surface area contributed by atoms with Crippen LogP contribution in [0.15, 0.2) is 53.1 Å². The Morgan fingerprint density at radius 1 is 1.00 bits per heavy atom. The zero-order valence-electron chi connectivity index (χ0n) is 14.3. The molecule has 4 rings (SSSR count). The fourth-order valence-electron chi connectivity index (χ4n) is 3.07. The Morgan fingerprint density at radius 2 is 1.64 bits per heavy atom. The molecule has 0 bridgehead atoms. The molecule has 5 heteroatoms. The number of aryl methyl sites for hydroxylation is 2. The predicted octanol–water partition coefficient (Wildman–Crippen LogP) is 3.87. The lowest BCUT2D eigenvalue weighted by Gasteiger charge is -2.16. The summed E-state index contributed by atoms with van der Waals surface area (Å²) in [6.07, 6.45) is 0.392. The van der Waals surface area contributed by atoms with Crippen molar-refractivity contribution in [3.8, 4) is 11.4 Å². The molecule has 1 amide bonds. The Bertz CT molecular complexity index is 897. The quantitative estimate of drug-likeness (QED) is 0.730. The molecule has 1 atom stereocenters. The molecular formula is C20H19N3O2. The Kier molecular flexibility index (Phi) is 3.84. The number of rotatable bonds is 3. The first kappa shape index (κ1) is 15.6. The predicted molar refractivity (Wildman–Crippen MR) is 95.4 cm³/mol. The Balaban J connectivity index is 1.54. The topological polar surface area (TPSA) is 59.2 Å². The number of carbonyl (C=O) groups is 1. The third kappa shape index (κ3) is 3.05. The van der Waals surface area contributed by atoms with E-state index in [-0.39, 0.29) is 11.8 Å². The van der Waals surface area contributed by atoms with Gasteiger partial charge in [-0.05, 0) is 26.0 Å².